The Morgan fingerprint density at radius 1 is 0.739 bits per heavy atom. The van der Waals surface area contributed by atoms with E-state index < -0.39 is 0 Å². The van der Waals surface area contributed by atoms with Crippen LogP contribution < -0.4 is 4.90 Å². The van der Waals surface area contributed by atoms with Gasteiger partial charge in [-0.3, -0.25) is 0 Å². The first kappa shape index (κ1) is 14.5. The Kier molecular flexibility index (Phi) is 3.31. The van der Waals surface area contributed by atoms with Crippen molar-refractivity contribution in [3.63, 3.8) is 0 Å². The Bertz CT molecular complexity index is 868. The molecule has 23 heavy (non-hydrogen) atoms. The molecule has 0 atom stereocenters. The van der Waals surface area contributed by atoms with Crippen molar-refractivity contribution in [1.82, 2.24) is 0 Å². The summed E-state index contributed by atoms with van der Waals surface area (Å²) < 4.78 is 1.10. The van der Waals surface area contributed by atoms with Gasteiger partial charge in [-0.2, -0.15) is 0 Å². The van der Waals surface area contributed by atoms with Crippen molar-refractivity contribution >= 4 is 33.0 Å². The molecule has 1 nitrogen and oxygen atoms in total. The van der Waals surface area contributed by atoms with Gasteiger partial charge in [0.25, 0.3) is 0 Å². The van der Waals surface area contributed by atoms with Crippen molar-refractivity contribution in [2.24, 2.45) is 0 Å². The summed E-state index contributed by atoms with van der Waals surface area (Å²) in [6.07, 6.45) is 0. The molecule has 3 aromatic rings. The quantitative estimate of drug-likeness (QED) is 0.473. The van der Waals surface area contributed by atoms with E-state index in [2.05, 4.69) is 107 Å². The first-order valence-electron chi connectivity index (χ1n) is 7.84. The third kappa shape index (κ3) is 2.21. The molecule has 4 rings (SSSR count). The molecule has 0 N–H and O–H groups in total. The maximum Gasteiger partial charge on any atom is 0.0513 e. The third-order valence-electron chi connectivity index (χ3n) is 4.71. The van der Waals surface area contributed by atoms with Crippen molar-refractivity contribution in [2.45, 2.75) is 19.3 Å². The molecule has 1 aliphatic heterocycles. The van der Waals surface area contributed by atoms with Crippen LogP contribution in [0.5, 0.6) is 0 Å². The van der Waals surface area contributed by atoms with E-state index >= 15 is 0 Å². The number of halogens is 1. The summed E-state index contributed by atoms with van der Waals surface area (Å²) in [4.78, 5) is 2.36. The van der Waals surface area contributed by atoms with E-state index in [0.29, 0.717) is 0 Å². The Labute approximate surface area is 145 Å². The molecule has 0 unspecified atom stereocenters. The van der Waals surface area contributed by atoms with Crippen LogP contribution in [0.15, 0.2) is 77.3 Å². The molecule has 1 heterocycles. The van der Waals surface area contributed by atoms with E-state index in [1.54, 1.807) is 0 Å². The third-order valence-corrected chi connectivity index (χ3v) is 5.20. The van der Waals surface area contributed by atoms with Crippen LogP contribution in [-0.4, -0.2) is 0 Å². The highest BCUT2D eigenvalue weighted by molar-refractivity contribution is 9.10. The second-order valence-electron chi connectivity index (χ2n) is 6.47. The molecule has 0 bridgehead atoms. The molecule has 1 aliphatic rings. The zero-order valence-corrected chi connectivity index (χ0v) is 14.8. The predicted octanol–water partition coefficient (Wildman–Crippen LogP) is 6.56. The summed E-state index contributed by atoms with van der Waals surface area (Å²) in [6, 6.07) is 25.9. The molecule has 0 spiro atoms. The van der Waals surface area contributed by atoms with Gasteiger partial charge in [0, 0.05) is 15.6 Å². The SMILES string of the molecule is CC1(C)c2ccccc2N(c2ccccc2)c2cc(Br)ccc21. The largest absolute Gasteiger partial charge is 0.310 e. The lowest BCUT2D eigenvalue weighted by Crippen LogP contribution is -2.30. The highest BCUT2D eigenvalue weighted by atomic mass is 79.9. The Morgan fingerprint density at radius 3 is 2.17 bits per heavy atom. The Hall–Kier alpha value is -2.06. The summed E-state index contributed by atoms with van der Waals surface area (Å²) >= 11 is 3.64. The van der Waals surface area contributed by atoms with E-state index in [9.17, 15) is 0 Å². The number of para-hydroxylation sites is 2. The number of hydrogen-bond acceptors (Lipinski definition) is 1. The molecule has 0 amide bonds. The minimum atomic E-state index is -0.0160. The highest BCUT2D eigenvalue weighted by Gasteiger charge is 2.36. The number of fused-ring (bicyclic) bond motifs is 2. The van der Waals surface area contributed by atoms with Crippen molar-refractivity contribution in [3.8, 4) is 0 Å². The molecular weight excluding hydrogens is 346 g/mol. The van der Waals surface area contributed by atoms with Gasteiger partial charge in [0.05, 0.1) is 11.4 Å². The van der Waals surface area contributed by atoms with Crippen LogP contribution in [-0.2, 0) is 5.41 Å². The van der Waals surface area contributed by atoms with E-state index in [1.165, 1.54) is 28.2 Å². The first-order chi connectivity index (χ1) is 11.1. The molecule has 114 valence electrons. The van der Waals surface area contributed by atoms with E-state index in [1.807, 2.05) is 0 Å². The lowest BCUT2D eigenvalue weighted by molar-refractivity contribution is 0.631. The zero-order chi connectivity index (χ0) is 16.0. The van der Waals surface area contributed by atoms with E-state index in [4.69, 9.17) is 0 Å². The van der Waals surface area contributed by atoms with Gasteiger partial charge in [-0.15, -0.1) is 0 Å². The van der Waals surface area contributed by atoms with E-state index in [0.717, 1.165) is 4.47 Å². The number of nitrogens with zero attached hydrogens (tertiary/aromatic N) is 1. The zero-order valence-electron chi connectivity index (χ0n) is 13.3. The van der Waals surface area contributed by atoms with Crippen molar-refractivity contribution in [1.29, 1.82) is 0 Å². The molecule has 0 saturated carbocycles. The van der Waals surface area contributed by atoms with Crippen molar-refractivity contribution in [2.75, 3.05) is 4.90 Å². The van der Waals surface area contributed by atoms with E-state index in [-0.39, 0.29) is 5.41 Å². The highest BCUT2D eigenvalue weighted by Crippen LogP contribution is 2.52. The first-order valence-corrected chi connectivity index (χ1v) is 8.63. The molecule has 2 heteroatoms. The summed E-state index contributed by atoms with van der Waals surface area (Å²) in [5, 5.41) is 0. The predicted molar refractivity (Wildman–Crippen MR) is 101 cm³/mol. The maximum absolute atomic E-state index is 3.64. The molecule has 3 aromatic carbocycles. The average Bonchev–Trinajstić information content (AvgIpc) is 2.56. The fourth-order valence-corrected chi connectivity index (χ4v) is 3.89. The van der Waals surface area contributed by atoms with Gasteiger partial charge in [0.2, 0.25) is 0 Å². The number of benzene rings is 3. The average molecular weight is 364 g/mol. The summed E-state index contributed by atoms with van der Waals surface area (Å²) in [5.74, 6) is 0. The summed E-state index contributed by atoms with van der Waals surface area (Å²) in [7, 11) is 0. The van der Waals surface area contributed by atoms with Crippen LogP contribution in [0.4, 0.5) is 17.1 Å². The second-order valence-corrected chi connectivity index (χ2v) is 7.39. The van der Waals surface area contributed by atoms with Crippen LogP contribution >= 0.6 is 15.9 Å². The fourth-order valence-electron chi connectivity index (χ4n) is 3.55. The van der Waals surface area contributed by atoms with Crippen molar-refractivity contribution < 1.29 is 0 Å². The van der Waals surface area contributed by atoms with Gasteiger partial charge < -0.3 is 4.90 Å². The molecule has 0 radical (unpaired) electrons. The van der Waals surface area contributed by atoms with Crippen LogP contribution in [0.2, 0.25) is 0 Å². The summed E-state index contributed by atoms with van der Waals surface area (Å²) in [5.41, 5.74) is 6.39. The topological polar surface area (TPSA) is 3.24 Å². The van der Waals surface area contributed by atoms with Gasteiger partial charge in [-0.25, -0.2) is 0 Å². The minimum Gasteiger partial charge on any atom is -0.310 e. The van der Waals surface area contributed by atoms with Gasteiger partial charge in [-0.05, 0) is 41.5 Å². The van der Waals surface area contributed by atoms with Gasteiger partial charge in [0.1, 0.15) is 0 Å². The fraction of sp³-hybridized carbons (Fsp3) is 0.143. The maximum atomic E-state index is 3.64. The van der Waals surface area contributed by atoms with Crippen LogP contribution in [0.3, 0.4) is 0 Å². The standard InChI is InChI=1S/C21H18BrN/c1-21(2)17-10-6-7-11-19(17)23(16-8-4-3-5-9-16)20-14-15(22)12-13-18(20)21/h3-14H,1-2H3. The molecule has 0 aliphatic carbocycles. The number of hydrogen-bond donors (Lipinski definition) is 0. The van der Waals surface area contributed by atoms with Gasteiger partial charge >= 0.3 is 0 Å². The lowest BCUT2D eigenvalue weighted by Gasteiger charge is -2.42. The van der Waals surface area contributed by atoms with Crippen LogP contribution in [0.1, 0.15) is 25.0 Å². The van der Waals surface area contributed by atoms with Gasteiger partial charge in [-0.1, -0.05) is 72.2 Å². The molecule has 0 fully saturated rings. The van der Waals surface area contributed by atoms with Crippen LogP contribution in [0, 0.1) is 0 Å². The van der Waals surface area contributed by atoms with Gasteiger partial charge in [0.15, 0.2) is 0 Å². The lowest BCUT2D eigenvalue weighted by atomic mass is 9.73. The molecule has 0 saturated heterocycles. The summed E-state index contributed by atoms with van der Waals surface area (Å²) in [6.45, 7) is 4.61. The van der Waals surface area contributed by atoms with Crippen LogP contribution in [0.25, 0.3) is 0 Å². The molecule has 0 aromatic heterocycles. The number of anilines is 3. The molecular formula is C21H18BrN. The smallest absolute Gasteiger partial charge is 0.0513 e. The monoisotopic (exact) mass is 363 g/mol. The normalized spacial score (nSPS) is 15.0. The Balaban J connectivity index is 2.06. The van der Waals surface area contributed by atoms with Crippen molar-refractivity contribution in [3.05, 3.63) is 88.4 Å². The minimum absolute atomic E-state index is 0.0160. The Morgan fingerprint density at radius 2 is 1.39 bits per heavy atom. The number of rotatable bonds is 1. The second kappa shape index (κ2) is 5.24.